The number of likely N-dealkylation sites (N-methyl/N-ethyl adjacent to an activating group) is 1. The van der Waals surface area contributed by atoms with Crippen molar-refractivity contribution in [3.8, 4) is 11.5 Å². The van der Waals surface area contributed by atoms with Crippen LogP contribution >= 0.6 is 0 Å². The zero-order chi connectivity index (χ0) is 32.9. The van der Waals surface area contributed by atoms with Crippen molar-refractivity contribution in [3.05, 3.63) is 23.8 Å². The van der Waals surface area contributed by atoms with E-state index in [1.165, 1.54) is 116 Å². The molecule has 0 amide bonds. The Bertz CT molecular complexity index is 811. The predicted molar refractivity (Wildman–Crippen MR) is 194 cm³/mol. The second kappa shape index (κ2) is 28.2. The third-order valence-corrected chi connectivity index (χ3v) is 9.32. The minimum Gasteiger partial charge on any atom is -0.493 e. The van der Waals surface area contributed by atoms with E-state index in [-0.39, 0.29) is 12.6 Å². The Morgan fingerprint density at radius 1 is 0.587 bits per heavy atom. The van der Waals surface area contributed by atoms with Crippen molar-refractivity contribution in [1.29, 1.82) is 0 Å². The first kappa shape index (κ1) is 40.4. The van der Waals surface area contributed by atoms with Crippen LogP contribution in [0.2, 0.25) is 0 Å². The van der Waals surface area contributed by atoms with Crippen molar-refractivity contribution < 1.29 is 19.0 Å². The largest absolute Gasteiger partial charge is 0.493 e. The average molecular weight is 645 g/mol. The van der Waals surface area contributed by atoms with Gasteiger partial charge in [-0.15, -0.1) is 0 Å². The molecule has 0 aromatic heterocycles. The summed E-state index contributed by atoms with van der Waals surface area (Å²) in [6, 6.07) is 6.04. The van der Waals surface area contributed by atoms with E-state index in [0.717, 1.165) is 69.0 Å². The molecule has 0 atom stereocenters. The lowest BCUT2D eigenvalue weighted by molar-refractivity contribution is -0.145. The summed E-state index contributed by atoms with van der Waals surface area (Å²) >= 11 is 0. The molecule has 6 nitrogen and oxygen atoms in total. The van der Waals surface area contributed by atoms with Crippen LogP contribution in [0.25, 0.3) is 0 Å². The lowest BCUT2D eigenvalue weighted by Crippen LogP contribution is -2.44. The van der Waals surface area contributed by atoms with Gasteiger partial charge in [0, 0.05) is 38.7 Å². The van der Waals surface area contributed by atoms with E-state index in [0.29, 0.717) is 19.6 Å². The number of carbonyl (C=O) groups is 1. The van der Waals surface area contributed by atoms with Crippen molar-refractivity contribution in [2.75, 3.05) is 53.0 Å². The molecule has 1 aliphatic heterocycles. The van der Waals surface area contributed by atoms with Crippen LogP contribution in [0.5, 0.6) is 11.5 Å². The number of unbranched alkanes of at least 4 members (excludes halogenated alkanes) is 18. The summed E-state index contributed by atoms with van der Waals surface area (Å²) in [4.78, 5) is 17.3. The fourth-order valence-corrected chi connectivity index (χ4v) is 6.19. The zero-order valence-corrected chi connectivity index (χ0v) is 30.5. The Morgan fingerprint density at radius 3 is 1.48 bits per heavy atom. The Morgan fingerprint density at radius 2 is 1.02 bits per heavy atom. The lowest BCUT2D eigenvalue weighted by Gasteiger charge is -2.32. The molecule has 0 spiro atoms. The molecule has 1 saturated heterocycles. The Hall–Kier alpha value is -1.79. The van der Waals surface area contributed by atoms with Gasteiger partial charge in [0.15, 0.2) is 0 Å². The maximum absolute atomic E-state index is 12.5. The molecule has 1 fully saturated rings. The molecule has 1 aromatic rings. The van der Waals surface area contributed by atoms with Crippen molar-refractivity contribution in [3.63, 3.8) is 0 Å². The number of esters is 1. The summed E-state index contributed by atoms with van der Waals surface area (Å²) in [5.41, 5.74) is 0.936. The number of benzene rings is 1. The third-order valence-electron chi connectivity index (χ3n) is 9.32. The van der Waals surface area contributed by atoms with Crippen LogP contribution in [0.4, 0.5) is 0 Å². The van der Waals surface area contributed by atoms with Crippen LogP contribution in [-0.4, -0.2) is 68.8 Å². The monoisotopic (exact) mass is 645 g/mol. The molecule has 0 radical (unpaired) electrons. The van der Waals surface area contributed by atoms with Gasteiger partial charge in [0.25, 0.3) is 0 Å². The van der Waals surface area contributed by atoms with Crippen molar-refractivity contribution in [2.45, 2.75) is 162 Å². The molecule has 0 saturated carbocycles. The molecule has 1 heterocycles. The maximum atomic E-state index is 12.5. The molecule has 6 heteroatoms. The fourth-order valence-electron chi connectivity index (χ4n) is 6.19. The summed E-state index contributed by atoms with van der Waals surface area (Å²) < 4.78 is 18.1. The minimum atomic E-state index is -0.126. The predicted octanol–water partition coefficient (Wildman–Crippen LogP) is 10.4. The summed E-state index contributed by atoms with van der Waals surface area (Å²) in [7, 11) is 2.17. The molecule has 1 aliphatic rings. The Labute approximate surface area is 284 Å². The lowest BCUT2D eigenvalue weighted by atomic mass is 10.1. The van der Waals surface area contributed by atoms with E-state index in [1.807, 2.05) is 18.2 Å². The van der Waals surface area contributed by atoms with Gasteiger partial charge in [-0.2, -0.15) is 0 Å². The van der Waals surface area contributed by atoms with E-state index < -0.39 is 0 Å². The highest BCUT2D eigenvalue weighted by Crippen LogP contribution is 2.25. The SMILES string of the molecule is CCCCCCCCCCCCOc1cc(COC(=O)CCCN2CCN(C)CC2)cc(OCCCCCCCCCCCC)c1. The maximum Gasteiger partial charge on any atom is 0.306 e. The van der Waals surface area contributed by atoms with E-state index in [4.69, 9.17) is 14.2 Å². The zero-order valence-electron chi connectivity index (χ0n) is 30.5. The number of hydrogen-bond acceptors (Lipinski definition) is 6. The van der Waals surface area contributed by atoms with Crippen LogP contribution in [0.3, 0.4) is 0 Å². The minimum absolute atomic E-state index is 0.126. The highest BCUT2D eigenvalue weighted by molar-refractivity contribution is 5.69. The molecule has 46 heavy (non-hydrogen) atoms. The van der Waals surface area contributed by atoms with Gasteiger partial charge < -0.3 is 24.0 Å². The van der Waals surface area contributed by atoms with Crippen LogP contribution in [0.15, 0.2) is 18.2 Å². The van der Waals surface area contributed by atoms with Gasteiger partial charge in [-0.3, -0.25) is 4.79 Å². The summed E-state index contributed by atoms with van der Waals surface area (Å²) in [6.45, 7) is 11.6. The third kappa shape index (κ3) is 21.9. The highest BCUT2D eigenvalue weighted by atomic mass is 16.5. The van der Waals surface area contributed by atoms with E-state index in [2.05, 4.69) is 30.7 Å². The van der Waals surface area contributed by atoms with Gasteiger partial charge >= 0.3 is 5.97 Å². The van der Waals surface area contributed by atoms with Crippen molar-refractivity contribution in [2.24, 2.45) is 0 Å². The second-order valence-electron chi connectivity index (χ2n) is 13.8. The van der Waals surface area contributed by atoms with Gasteiger partial charge in [0.05, 0.1) is 13.2 Å². The van der Waals surface area contributed by atoms with Gasteiger partial charge in [-0.25, -0.2) is 0 Å². The second-order valence-corrected chi connectivity index (χ2v) is 13.8. The van der Waals surface area contributed by atoms with Gasteiger partial charge in [0.2, 0.25) is 0 Å². The summed E-state index contributed by atoms with van der Waals surface area (Å²) in [5.74, 6) is 1.51. The molecule has 266 valence electrons. The molecular weight excluding hydrogens is 572 g/mol. The standard InChI is InChI=1S/C40H72N2O4/c1-4-6-8-10-12-14-16-18-20-22-31-44-38-33-37(36-46-40(43)25-24-26-42-29-27-41(3)28-30-42)34-39(35-38)45-32-23-21-19-17-15-13-11-9-7-5-2/h33-35H,4-32,36H2,1-3H3. The van der Waals surface area contributed by atoms with Crippen molar-refractivity contribution >= 4 is 5.97 Å². The van der Waals surface area contributed by atoms with Gasteiger partial charge in [-0.1, -0.05) is 129 Å². The smallest absolute Gasteiger partial charge is 0.306 e. The highest BCUT2D eigenvalue weighted by Gasteiger charge is 2.14. The van der Waals surface area contributed by atoms with E-state index in [9.17, 15) is 4.79 Å². The average Bonchev–Trinajstić information content (AvgIpc) is 3.06. The van der Waals surface area contributed by atoms with Crippen LogP contribution < -0.4 is 9.47 Å². The molecule has 0 aliphatic carbocycles. The van der Waals surface area contributed by atoms with E-state index >= 15 is 0 Å². The van der Waals surface area contributed by atoms with Gasteiger partial charge in [-0.05, 0) is 50.6 Å². The van der Waals surface area contributed by atoms with Crippen LogP contribution in [0, 0.1) is 0 Å². The number of hydrogen-bond donors (Lipinski definition) is 0. The van der Waals surface area contributed by atoms with Crippen LogP contribution in [0.1, 0.15) is 161 Å². The molecule has 1 aromatic carbocycles. The quantitative estimate of drug-likeness (QED) is 0.0614. The molecular formula is C40H72N2O4. The summed E-state index contributed by atoms with van der Waals surface area (Å²) in [5, 5.41) is 0. The number of piperazine rings is 1. The first-order chi connectivity index (χ1) is 22.6. The first-order valence-corrected chi connectivity index (χ1v) is 19.6. The molecule has 0 bridgehead atoms. The topological polar surface area (TPSA) is 51.2 Å². The number of carbonyl (C=O) groups excluding carboxylic acids is 1. The number of nitrogens with zero attached hydrogens (tertiary/aromatic N) is 2. The molecule has 0 N–H and O–H groups in total. The number of ether oxygens (including phenoxy) is 3. The van der Waals surface area contributed by atoms with Crippen molar-refractivity contribution in [1.82, 2.24) is 9.80 Å². The fraction of sp³-hybridized carbons (Fsp3) is 0.825. The molecule has 0 unspecified atom stereocenters. The number of rotatable bonds is 30. The normalized spacial score (nSPS) is 14.1. The van der Waals surface area contributed by atoms with Gasteiger partial charge in [0.1, 0.15) is 18.1 Å². The Balaban J connectivity index is 1.71. The van der Waals surface area contributed by atoms with Crippen LogP contribution in [-0.2, 0) is 16.1 Å². The summed E-state index contributed by atoms with van der Waals surface area (Å²) in [6.07, 6.45) is 27.6. The van der Waals surface area contributed by atoms with E-state index in [1.54, 1.807) is 0 Å². The molecule has 2 rings (SSSR count). The Kier molecular flexibility index (Phi) is 24.8. The first-order valence-electron chi connectivity index (χ1n) is 19.6.